The Morgan fingerprint density at radius 3 is 2.64 bits per heavy atom. The summed E-state index contributed by atoms with van der Waals surface area (Å²) in [4.78, 5) is 16.4. The van der Waals surface area contributed by atoms with Crippen LogP contribution in [-0.4, -0.2) is 20.7 Å². The standard InChI is InChI=1S/C19H20N4OS/c1-19(2,3)16-11-17(23(22-16)15-7-5-4-6-8-15)21-18(24)10-9-14-12-25-13-20-14/h4-13H,1-3H3,(H,21,24)/b10-9+. The summed E-state index contributed by atoms with van der Waals surface area (Å²) in [6, 6.07) is 11.7. The molecule has 0 radical (unpaired) electrons. The maximum atomic E-state index is 12.3. The Morgan fingerprint density at radius 1 is 1.24 bits per heavy atom. The number of aromatic nitrogens is 3. The van der Waals surface area contributed by atoms with Crippen molar-refractivity contribution in [3.05, 3.63) is 64.8 Å². The molecule has 25 heavy (non-hydrogen) atoms. The van der Waals surface area contributed by atoms with Crippen molar-refractivity contribution in [1.29, 1.82) is 0 Å². The number of thiazole rings is 1. The van der Waals surface area contributed by atoms with Gasteiger partial charge in [-0.1, -0.05) is 39.0 Å². The van der Waals surface area contributed by atoms with Crippen molar-refractivity contribution in [2.75, 3.05) is 5.32 Å². The number of carbonyl (C=O) groups is 1. The number of anilines is 1. The van der Waals surface area contributed by atoms with Crippen LogP contribution in [0.3, 0.4) is 0 Å². The molecule has 3 aromatic rings. The van der Waals surface area contributed by atoms with E-state index < -0.39 is 0 Å². The van der Waals surface area contributed by atoms with Gasteiger partial charge in [0.15, 0.2) is 0 Å². The van der Waals surface area contributed by atoms with Gasteiger partial charge in [0.2, 0.25) is 5.91 Å². The molecule has 1 amide bonds. The molecular formula is C19H20N4OS. The van der Waals surface area contributed by atoms with E-state index in [9.17, 15) is 4.79 Å². The Bertz CT molecular complexity index is 874. The summed E-state index contributed by atoms with van der Waals surface area (Å²) >= 11 is 1.49. The van der Waals surface area contributed by atoms with Crippen LogP contribution in [0.25, 0.3) is 11.8 Å². The summed E-state index contributed by atoms with van der Waals surface area (Å²) in [5.74, 6) is 0.426. The minimum absolute atomic E-state index is 0.115. The lowest BCUT2D eigenvalue weighted by atomic mass is 9.92. The Morgan fingerprint density at radius 2 is 2.00 bits per heavy atom. The number of amides is 1. The number of hydrogen-bond donors (Lipinski definition) is 1. The molecule has 2 heterocycles. The number of hydrogen-bond acceptors (Lipinski definition) is 4. The molecule has 128 valence electrons. The molecule has 0 aliphatic carbocycles. The van der Waals surface area contributed by atoms with Crippen molar-refractivity contribution < 1.29 is 4.79 Å². The monoisotopic (exact) mass is 352 g/mol. The Hall–Kier alpha value is -2.73. The molecule has 5 nitrogen and oxygen atoms in total. The second kappa shape index (κ2) is 7.03. The fourth-order valence-electron chi connectivity index (χ4n) is 2.24. The van der Waals surface area contributed by atoms with Gasteiger partial charge in [0.1, 0.15) is 5.82 Å². The first-order valence-electron chi connectivity index (χ1n) is 7.97. The highest BCUT2D eigenvalue weighted by Crippen LogP contribution is 2.26. The van der Waals surface area contributed by atoms with E-state index >= 15 is 0 Å². The number of nitrogens with one attached hydrogen (secondary N) is 1. The van der Waals surface area contributed by atoms with E-state index in [0.717, 1.165) is 17.1 Å². The lowest BCUT2D eigenvalue weighted by Crippen LogP contribution is -2.13. The van der Waals surface area contributed by atoms with Crippen LogP contribution in [0.1, 0.15) is 32.2 Å². The molecule has 3 rings (SSSR count). The fourth-order valence-corrected chi connectivity index (χ4v) is 2.76. The second-order valence-electron chi connectivity index (χ2n) is 6.65. The fraction of sp³-hybridized carbons (Fsp3) is 0.211. The van der Waals surface area contributed by atoms with Gasteiger partial charge in [-0.2, -0.15) is 5.10 Å². The minimum Gasteiger partial charge on any atom is -0.307 e. The van der Waals surface area contributed by atoms with Gasteiger partial charge >= 0.3 is 0 Å². The summed E-state index contributed by atoms with van der Waals surface area (Å²) < 4.78 is 1.76. The van der Waals surface area contributed by atoms with Crippen LogP contribution in [0.5, 0.6) is 0 Å². The number of nitrogens with zero attached hydrogens (tertiary/aromatic N) is 3. The van der Waals surface area contributed by atoms with Crippen LogP contribution >= 0.6 is 11.3 Å². The first-order chi connectivity index (χ1) is 11.9. The molecule has 1 N–H and O–H groups in total. The Labute approximate surface area is 151 Å². The zero-order chi connectivity index (χ0) is 17.9. The first-order valence-corrected chi connectivity index (χ1v) is 8.91. The molecular weight excluding hydrogens is 332 g/mol. The van der Waals surface area contributed by atoms with Gasteiger partial charge in [-0.3, -0.25) is 4.79 Å². The van der Waals surface area contributed by atoms with Gasteiger partial charge in [-0.05, 0) is 18.2 Å². The summed E-state index contributed by atoms with van der Waals surface area (Å²) in [5.41, 5.74) is 4.20. The maximum Gasteiger partial charge on any atom is 0.249 e. The van der Waals surface area contributed by atoms with E-state index in [1.165, 1.54) is 17.4 Å². The van der Waals surface area contributed by atoms with Gasteiger partial charge in [0, 0.05) is 22.9 Å². The predicted molar refractivity (Wildman–Crippen MR) is 102 cm³/mol. The van der Waals surface area contributed by atoms with Crippen LogP contribution < -0.4 is 5.32 Å². The van der Waals surface area contributed by atoms with Crippen LogP contribution in [0.2, 0.25) is 0 Å². The van der Waals surface area contributed by atoms with E-state index in [0.29, 0.717) is 5.82 Å². The SMILES string of the molecule is CC(C)(C)c1cc(NC(=O)/C=C/c2cscn2)n(-c2ccccc2)n1. The molecule has 1 aromatic carbocycles. The Kier molecular flexibility index (Phi) is 4.81. The van der Waals surface area contributed by atoms with E-state index in [2.05, 4.69) is 36.2 Å². The van der Waals surface area contributed by atoms with Crippen molar-refractivity contribution in [3.63, 3.8) is 0 Å². The highest BCUT2D eigenvalue weighted by atomic mass is 32.1. The third-order valence-corrected chi connectivity index (χ3v) is 4.19. The van der Waals surface area contributed by atoms with Gasteiger partial charge in [-0.15, -0.1) is 11.3 Å². The van der Waals surface area contributed by atoms with Gasteiger partial charge in [0.05, 0.1) is 22.6 Å². The molecule has 0 fully saturated rings. The zero-order valence-electron chi connectivity index (χ0n) is 14.4. The minimum atomic E-state index is -0.217. The highest BCUT2D eigenvalue weighted by Gasteiger charge is 2.21. The second-order valence-corrected chi connectivity index (χ2v) is 7.37. The summed E-state index contributed by atoms with van der Waals surface area (Å²) in [7, 11) is 0. The van der Waals surface area contributed by atoms with E-state index in [1.54, 1.807) is 16.3 Å². The van der Waals surface area contributed by atoms with Crippen molar-refractivity contribution in [3.8, 4) is 5.69 Å². The highest BCUT2D eigenvalue weighted by molar-refractivity contribution is 7.07. The molecule has 0 bridgehead atoms. The number of carbonyl (C=O) groups excluding carboxylic acids is 1. The smallest absolute Gasteiger partial charge is 0.249 e. The van der Waals surface area contributed by atoms with Crippen molar-refractivity contribution in [2.24, 2.45) is 0 Å². The molecule has 0 spiro atoms. The van der Waals surface area contributed by atoms with E-state index in [4.69, 9.17) is 0 Å². The summed E-state index contributed by atoms with van der Waals surface area (Å²) in [6.07, 6.45) is 3.17. The lowest BCUT2D eigenvalue weighted by molar-refractivity contribution is -0.111. The largest absolute Gasteiger partial charge is 0.307 e. The first kappa shape index (κ1) is 17.1. The van der Waals surface area contributed by atoms with Crippen LogP contribution in [0.15, 0.2) is 53.4 Å². The van der Waals surface area contributed by atoms with E-state index in [1.807, 2.05) is 41.8 Å². The average Bonchev–Trinajstić information content (AvgIpc) is 3.23. The predicted octanol–water partition coefficient (Wildman–Crippen LogP) is 4.28. The summed E-state index contributed by atoms with van der Waals surface area (Å²) in [5, 5.41) is 9.48. The molecule has 0 saturated heterocycles. The Balaban J connectivity index is 1.89. The van der Waals surface area contributed by atoms with Gasteiger partial charge < -0.3 is 5.32 Å². The number of para-hydroxylation sites is 1. The van der Waals surface area contributed by atoms with Crippen molar-refractivity contribution in [2.45, 2.75) is 26.2 Å². The third-order valence-electron chi connectivity index (χ3n) is 3.59. The van der Waals surface area contributed by atoms with Crippen molar-refractivity contribution >= 4 is 29.1 Å². The molecule has 0 aliphatic heterocycles. The molecule has 0 saturated carbocycles. The number of benzene rings is 1. The molecule has 2 aromatic heterocycles. The normalized spacial score (nSPS) is 11.8. The molecule has 6 heteroatoms. The topological polar surface area (TPSA) is 59.8 Å². The maximum absolute atomic E-state index is 12.3. The average molecular weight is 352 g/mol. The third kappa shape index (κ3) is 4.22. The van der Waals surface area contributed by atoms with Gasteiger partial charge in [0.25, 0.3) is 0 Å². The van der Waals surface area contributed by atoms with Crippen LogP contribution in [0.4, 0.5) is 5.82 Å². The zero-order valence-corrected chi connectivity index (χ0v) is 15.2. The molecule has 0 aliphatic rings. The van der Waals surface area contributed by atoms with Crippen molar-refractivity contribution in [1.82, 2.24) is 14.8 Å². The van der Waals surface area contributed by atoms with Crippen LogP contribution in [0, 0.1) is 0 Å². The summed E-state index contributed by atoms with van der Waals surface area (Å²) in [6.45, 7) is 6.29. The molecule has 0 atom stereocenters. The quantitative estimate of drug-likeness (QED) is 0.713. The van der Waals surface area contributed by atoms with E-state index in [-0.39, 0.29) is 11.3 Å². The van der Waals surface area contributed by atoms with Gasteiger partial charge in [-0.25, -0.2) is 9.67 Å². The lowest BCUT2D eigenvalue weighted by Gasteiger charge is -2.14. The number of rotatable bonds is 4. The van der Waals surface area contributed by atoms with Crippen LogP contribution in [-0.2, 0) is 10.2 Å². The molecule has 0 unspecified atom stereocenters.